The number of halogens is 1. The number of carbonyl (C=O) groups is 2. The van der Waals surface area contributed by atoms with Gasteiger partial charge in [0.15, 0.2) is 0 Å². The van der Waals surface area contributed by atoms with Crippen molar-refractivity contribution in [3.8, 4) is 22.6 Å². The first kappa shape index (κ1) is 31.2. The van der Waals surface area contributed by atoms with E-state index in [0.29, 0.717) is 28.1 Å². The molecular formula is C32H33FN2O8S. The molecule has 0 spiro atoms. The molecule has 0 aromatic heterocycles. The molecule has 12 heteroatoms. The summed E-state index contributed by atoms with van der Waals surface area (Å²) in [6, 6.07) is 15.6. The van der Waals surface area contributed by atoms with Gasteiger partial charge in [-0.1, -0.05) is 18.2 Å². The number of rotatable bonds is 14. The third-order valence-corrected chi connectivity index (χ3v) is 8.57. The second kappa shape index (κ2) is 13.2. The molecule has 3 aliphatic rings. The number of amides is 1. The molecule has 0 bridgehead atoms. The van der Waals surface area contributed by atoms with Gasteiger partial charge in [-0.05, 0) is 66.3 Å². The molecule has 0 unspecified atom stereocenters. The van der Waals surface area contributed by atoms with Gasteiger partial charge in [0, 0.05) is 24.2 Å². The predicted molar refractivity (Wildman–Crippen MR) is 162 cm³/mol. The smallest absolute Gasteiger partial charge is 0.336 e. The zero-order valence-corrected chi connectivity index (χ0v) is 25.2. The molecule has 2 aromatic carbocycles. The van der Waals surface area contributed by atoms with Gasteiger partial charge in [-0.2, -0.15) is 0 Å². The Morgan fingerprint density at radius 1 is 1.02 bits per heavy atom. The van der Waals surface area contributed by atoms with Crippen LogP contribution in [0.5, 0.6) is 0 Å². The summed E-state index contributed by atoms with van der Waals surface area (Å²) in [7, 11) is -2.23. The number of nitrogens with zero attached hydrogens (tertiary/aromatic N) is 1. The number of ether oxygens (including phenoxy) is 2. The Labute approximate surface area is 254 Å². The first-order valence-electron chi connectivity index (χ1n) is 14.1. The molecule has 1 amide bonds. The van der Waals surface area contributed by atoms with E-state index in [2.05, 4.69) is 5.32 Å². The average Bonchev–Trinajstić information content (AvgIpc) is 3.77. The van der Waals surface area contributed by atoms with Crippen LogP contribution in [0, 0.1) is 5.82 Å². The van der Waals surface area contributed by atoms with Crippen LogP contribution < -0.4 is 9.62 Å². The number of carbonyl (C=O) groups excluding carboxylic acids is 1. The number of sulfonamides is 1. The van der Waals surface area contributed by atoms with Crippen LogP contribution in [-0.2, 0) is 26.1 Å². The number of hydrogen-bond acceptors (Lipinski definition) is 7. The number of carboxylic acids is 1. The number of fused-ring (bicyclic) bond motifs is 1. The monoisotopic (exact) mass is 624 g/mol. The van der Waals surface area contributed by atoms with Crippen LogP contribution in [0.4, 0.5) is 10.1 Å². The van der Waals surface area contributed by atoms with Gasteiger partial charge in [-0.3, -0.25) is 9.10 Å². The van der Waals surface area contributed by atoms with Crippen LogP contribution in [0.2, 0.25) is 0 Å². The van der Waals surface area contributed by atoms with Crippen LogP contribution in [0.1, 0.15) is 50.6 Å². The van der Waals surface area contributed by atoms with Crippen molar-refractivity contribution in [3.05, 3.63) is 88.7 Å². The summed E-state index contributed by atoms with van der Waals surface area (Å²) in [4.78, 5) is 24.3. The molecular weight excluding hydrogens is 591 g/mol. The average molecular weight is 625 g/mol. The Kier molecular flexibility index (Phi) is 9.33. The van der Waals surface area contributed by atoms with E-state index in [9.17, 15) is 27.5 Å². The van der Waals surface area contributed by atoms with Crippen molar-refractivity contribution in [1.82, 2.24) is 5.32 Å². The van der Waals surface area contributed by atoms with Gasteiger partial charge in [0.2, 0.25) is 10.0 Å². The summed E-state index contributed by atoms with van der Waals surface area (Å²) in [5.74, 6) is -1.07. The molecule has 1 saturated carbocycles. The lowest BCUT2D eigenvalue weighted by molar-refractivity contribution is 0.0427. The highest BCUT2D eigenvalue weighted by Gasteiger charge is 2.37. The van der Waals surface area contributed by atoms with E-state index in [0.717, 1.165) is 24.7 Å². The number of hydrogen-bond donors (Lipinski definition) is 2. The lowest BCUT2D eigenvalue weighted by Crippen LogP contribution is -2.33. The van der Waals surface area contributed by atoms with E-state index in [1.807, 2.05) is 0 Å². The second-order valence-corrected chi connectivity index (χ2v) is 12.4. The molecule has 2 N–H and O–H groups in total. The maximum atomic E-state index is 13.6. The van der Waals surface area contributed by atoms with Gasteiger partial charge in [0.05, 0.1) is 56.0 Å². The molecule has 5 rings (SSSR count). The summed E-state index contributed by atoms with van der Waals surface area (Å²) in [6.07, 6.45) is 2.87. The minimum Gasteiger partial charge on any atom is -0.478 e. The highest BCUT2D eigenvalue weighted by molar-refractivity contribution is 7.92. The molecule has 1 fully saturated rings. The fraction of sp³-hybridized carbons (Fsp3) is 0.312. The van der Waals surface area contributed by atoms with E-state index in [1.54, 1.807) is 30.3 Å². The number of nitrogens with one attached hydrogen (secondary N) is 1. The Bertz CT molecular complexity index is 1730. The van der Waals surface area contributed by atoms with Crippen molar-refractivity contribution in [2.24, 2.45) is 0 Å². The van der Waals surface area contributed by atoms with Gasteiger partial charge in [0.25, 0.3) is 5.91 Å². The zero-order valence-electron chi connectivity index (χ0n) is 24.3. The molecule has 232 valence electrons. The predicted octanol–water partition coefficient (Wildman–Crippen LogP) is 5.13. The molecule has 0 radical (unpaired) electrons. The molecule has 1 aliphatic heterocycles. The normalized spacial score (nSPS) is 13.2. The van der Waals surface area contributed by atoms with Crippen LogP contribution in [0.15, 0.2) is 65.1 Å². The third-order valence-electron chi connectivity index (χ3n) is 7.39. The molecule has 44 heavy (non-hydrogen) atoms. The van der Waals surface area contributed by atoms with Crippen molar-refractivity contribution >= 4 is 27.6 Å². The van der Waals surface area contributed by atoms with Crippen LogP contribution >= 0.6 is 0 Å². The fourth-order valence-corrected chi connectivity index (χ4v) is 6.07. The maximum Gasteiger partial charge on any atom is 0.336 e. The van der Waals surface area contributed by atoms with Gasteiger partial charge in [-0.15, -0.1) is 0 Å². The van der Waals surface area contributed by atoms with E-state index in [4.69, 9.17) is 13.9 Å². The minimum atomic E-state index is -3.73. The van der Waals surface area contributed by atoms with Crippen molar-refractivity contribution in [2.75, 3.05) is 44.0 Å². The molecule has 10 nitrogen and oxygen atoms in total. The molecule has 2 aliphatic carbocycles. The van der Waals surface area contributed by atoms with Crippen molar-refractivity contribution < 1.29 is 41.4 Å². The van der Waals surface area contributed by atoms with Crippen LogP contribution in [0.25, 0.3) is 22.6 Å². The number of aromatic carboxylic acids is 1. The Balaban J connectivity index is 1.35. The maximum absolute atomic E-state index is 13.6. The molecule has 0 atom stereocenters. The van der Waals surface area contributed by atoms with E-state index >= 15 is 0 Å². The first-order valence-corrected chi connectivity index (χ1v) is 16.0. The molecule has 2 aromatic rings. The Morgan fingerprint density at radius 2 is 1.73 bits per heavy atom. The topological polar surface area (TPSA) is 135 Å². The van der Waals surface area contributed by atoms with Crippen molar-refractivity contribution in [2.45, 2.75) is 25.4 Å². The van der Waals surface area contributed by atoms with E-state index < -0.39 is 21.8 Å². The summed E-state index contributed by atoms with van der Waals surface area (Å²) >= 11 is 0. The third kappa shape index (κ3) is 6.93. The largest absolute Gasteiger partial charge is 0.478 e. The summed E-state index contributed by atoms with van der Waals surface area (Å²) in [6.45, 7) is 0.581. The first-order chi connectivity index (χ1) is 21.1. The van der Waals surface area contributed by atoms with Crippen LogP contribution in [-0.4, -0.2) is 65.1 Å². The Hall–Kier alpha value is -4.26. The fourth-order valence-electron chi connectivity index (χ4n) is 5.15. The summed E-state index contributed by atoms with van der Waals surface area (Å²) in [5.41, 5.74) is 3.40. The van der Waals surface area contributed by atoms with Gasteiger partial charge in [0.1, 0.15) is 17.3 Å². The summed E-state index contributed by atoms with van der Waals surface area (Å²) < 4.78 is 58.5. The zero-order chi connectivity index (χ0) is 31.4. The summed E-state index contributed by atoms with van der Waals surface area (Å²) in [5, 5.41) is 11.9. The number of carboxylic acid groups (broad SMARTS) is 1. The van der Waals surface area contributed by atoms with E-state index in [-0.39, 0.29) is 61.7 Å². The Morgan fingerprint density at radius 3 is 2.39 bits per heavy atom. The highest BCUT2D eigenvalue weighted by Crippen LogP contribution is 2.53. The second-order valence-electron chi connectivity index (χ2n) is 10.5. The minimum absolute atomic E-state index is 0.0316. The molecule has 1 heterocycles. The highest BCUT2D eigenvalue weighted by atomic mass is 32.2. The van der Waals surface area contributed by atoms with Gasteiger partial charge in [-0.25, -0.2) is 17.6 Å². The lowest BCUT2D eigenvalue weighted by atomic mass is 10.0. The van der Waals surface area contributed by atoms with Gasteiger partial charge < -0.3 is 24.3 Å². The van der Waals surface area contributed by atoms with Gasteiger partial charge >= 0.3 is 5.97 Å². The van der Waals surface area contributed by atoms with Crippen molar-refractivity contribution in [1.29, 1.82) is 0 Å². The quantitative estimate of drug-likeness (QED) is 0.185. The SMILES string of the molecule is CNC(=O)c1cc2c(C3CC3)c(N(CCOCCOCc3ccccc3C(=O)O)S(C)(=O)=O)cc-2oc1-c1ccc(F)cc1. The van der Waals surface area contributed by atoms with Crippen LogP contribution in [0.3, 0.4) is 0 Å². The van der Waals surface area contributed by atoms with E-state index in [1.165, 1.54) is 41.7 Å². The lowest BCUT2D eigenvalue weighted by Gasteiger charge is -2.23. The van der Waals surface area contributed by atoms with Crippen molar-refractivity contribution in [3.63, 3.8) is 0 Å². The molecule has 0 saturated heterocycles. The number of benzene rings is 2. The standard InChI is InChI=1S/C32H33FN2O8S/c1-34-31(36)26-17-25-28(43-30(26)21-9-11-23(33)12-10-21)18-27(29(25)20-7-8-20)35(44(2,39)40)13-14-41-15-16-42-19-22-5-3-4-6-24(22)32(37)38/h3-6,9-12,17-18,20H,7-8,13-16,19H2,1-2H3,(H,34,36)(H,37,38). The number of anilines is 1.